The first-order chi connectivity index (χ1) is 8.24. The van der Waals surface area contributed by atoms with Gasteiger partial charge >= 0.3 is 0 Å². The van der Waals surface area contributed by atoms with E-state index in [4.69, 9.17) is 9.84 Å². The first-order valence-electron chi connectivity index (χ1n) is 6.13. The summed E-state index contributed by atoms with van der Waals surface area (Å²) in [6.07, 6.45) is 3.76. The third-order valence-electron chi connectivity index (χ3n) is 2.64. The van der Waals surface area contributed by atoms with E-state index in [0.717, 1.165) is 13.1 Å². The van der Waals surface area contributed by atoms with Crippen LogP contribution in [0.4, 0.5) is 0 Å². The largest absolute Gasteiger partial charge is 0.394 e. The average molecular weight is 241 g/mol. The lowest BCUT2D eigenvalue weighted by Gasteiger charge is -2.22. The summed E-state index contributed by atoms with van der Waals surface area (Å²) in [5.41, 5.74) is 0. The Hall–Kier alpha value is -0.910. The maximum Gasteiger partial charge on any atom is 0.0698 e. The summed E-state index contributed by atoms with van der Waals surface area (Å²) < 4.78 is 7.15. The predicted octanol–water partition coefficient (Wildman–Crippen LogP) is 0.506. The van der Waals surface area contributed by atoms with Gasteiger partial charge in [0.05, 0.1) is 26.4 Å². The van der Waals surface area contributed by atoms with Crippen LogP contribution in [-0.4, -0.2) is 47.3 Å². The van der Waals surface area contributed by atoms with Crippen molar-refractivity contribution in [1.82, 2.24) is 15.1 Å². The molecule has 0 spiro atoms. The molecule has 0 aliphatic rings. The molecule has 0 bridgehead atoms. The summed E-state index contributed by atoms with van der Waals surface area (Å²) in [4.78, 5) is 0. The molecule has 1 unspecified atom stereocenters. The smallest absolute Gasteiger partial charge is 0.0698 e. The Balaban J connectivity index is 2.24. The zero-order valence-electron chi connectivity index (χ0n) is 10.7. The van der Waals surface area contributed by atoms with Crippen LogP contribution in [0.15, 0.2) is 18.5 Å². The summed E-state index contributed by atoms with van der Waals surface area (Å²) in [6.45, 7) is 7.16. The van der Waals surface area contributed by atoms with Crippen LogP contribution >= 0.6 is 0 Å². The monoisotopic (exact) mass is 241 g/mol. The number of hydrogen-bond donors (Lipinski definition) is 2. The molecule has 5 nitrogen and oxygen atoms in total. The highest BCUT2D eigenvalue weighted by atomic mass is 16.5. The second kappa shape index (κ2) is 8.22. The number of aliphatic hydroxyl groups excluding tert-OH is 1. The van der Waals surface area contributed by atoms with Crippen molar-refractivity contribution in [2.75, 3.05) is 26.4 Å². The van der Waals surface area contributed by atoms with E-state index in [9.17, 15) is 0 Å². The molecule has 0 radical (unpaired) electrons. The molecule has 1 heterocycles. The third kappa shape index (κ3) is 5.81. The fourth-order valence-electron chi connectivity index (χ4n) is 1.60. The summed E-state index contributed by atoms with van der Waals surface area (Å²) in [5, 5.41) is 16.2. The number of rotatable bonds is 9. The SMILES string of the molecule is CC(C)C(Cn1cccn1)NCCOCCO. The van der Waals surface area contributed by atoms with Gasteiger partial charge in [-0.15, -0.1) is 0 Å². The van der Waals surface area contributed by atoms with Crippen LogP contribution < -0.4 is 5.32 Å². The molecule has 1 rings (SSSR count). The third-order valence-corrected chi connectivity index (χ3v) is 2.64. The Kier molecular flexibility index (Phi) is 6.84. The highest BCUT2D eigenvalue weighted by Crippen LogP contribution is 2.04. The number of aliphatic hydroxyl groups is 1. The van der Waals surface area contributed by atoms with Crippen molar-refractivity contribution in [2.45, 2.75) is 26.4 Å². The number of hydrogen-bond acceptors (Lipinski definition) is 4. The predicted molar refractivity (Wildman–Crippen MR) is 66.8 cm³/mol. The molecule has 1 aromatic rings. The van der Waals surface area contributed by atoms with E-state index in [1.165, 1.54) is 0 Å². The Bertz CT molecular complexity index is 275. The molecule has 5 heteroatoms. The molecule has 2 N–H and O–H groups in total. The van der Waals surface area contributed by atoms with Gasteiger partial charge in [0.2, 0.25) is 0 Å². The highest BCUT2D eigenvalue weighted by Gasteiger charge is 2.13. The molecule has 17 heavy (non-hydrogen) atoms. The molecule has 98 valence electrons. The molecule has 0 saturated heterocycles. The summed E-state index contributed by atoms with van der Waals surface area (Å²) >= 11 is 0. The second-order valence-corrected chi connectivity index (χ2v) is 4.37. The molecular formula is C12H23N3O2. The maximum atomic E-state index is 8.58. The number of nitrogens with one attached hydrogen (secondary N) is 1. The van der Waals surface area contributed by atoms with Gasteiger partial charge in [0.1, 0.15) is 0 Å². The number of aromatic nitrogens is 2. The van der Waals surface area contributed by atoms with E-state index >= 15 is 0 Å². The Labute approximate surface area is 103 Å². The summed E-state index contributed by atoms with van der Waals surface area (Å²) in [6, 6.07) is 2.31. The zero-order chi connectivity index (χ0) is 12.5. The van der Waals surface area contributed by atoms with Crippen molar-refractivity contribution in [2.24, 2.45) is 5.92 Å². The Morgan fingerprint density at radius 1 is 1.41 bits per heavy atom. The van der Waals surface area contributed by atoms with Gasteiger partial charge < -0.3 is 15.2 Å². The van der Waals surface area contributed by atoms with Crippen LogP contribution in [0, 0.1) is 5.92 Å². The van der Waals surface area contributed by atoms with Crippen molar-refractivity contribution in [1.29, 1.82) is 0 Å². The zero-order valence-corrected chi connectivity index (χ0v) is 10.7. The van der Waals surface area contributed by atoms with Gasteiger partial charge in [-0.3, -0.25) is 4.68 Å². The molecule has 0 aromatic carbocycles. The van der Waals surface area contributed by atoms with Crippen LogP contribution in [0.1, 0.15) is 13.8 Å². The molecule has 0 saturated carbocycles. The molecule has 0 fully saturated rings. The Morgan fingerprint density at radius 3 is 2.82 bits per heavy atom. The lowest BCUT2D eigenvalue weighted by molar-refractivity contribution is 0.0911. The number of nitrogens with zero attached hydrogens (tertiary/aromatic N) is 2. The van der Waals surface area contributed by atoms with E-state index < -0.39 is 0 Å². The topological polar surface area (TPSA) is 59.3 Å². The normalized spacial score (nSPS) is 13.2. The first kappa shape index (κ1) is 14.2. The van der Waals surface area contributed by atoms with Gasteiger partial charge in [0.25, 0.3) is 0 Å². The fraction of sp³-hybridized carbons (Fsp3) is 0.750. The molecule has 0 aliphatic carbocycles. The lowest BCUT2D eigenvalue weighted by Crippen LogP contribution is -2.39. The van der Waals surface area contributed by atoms with Gasteiger partial charge in [-0.25, -0.2) is 0 Å². The minimum Gasteiger partial charge on any atom is -0.394 e. The van der Waals surface area contributed by atoms with Crippen LogP contribution in [0.5, 0.6) is 0 Å². The fourth-order valence-corrected chi connectivity index (χ4v) is 1.60. The van der Waals surface area contributed by atoms with E-state index in [0.29, 0.717) is 25.2 Å². The quantitative estimate of drug-likeness (QED) is 0.618. The van der Waals surface area contributed by atoms with Crippen LogP contribution in [0.3, 0.4) is 0 Å². The summed E-state index contributed by atoms with van der Waals surface area (Å²) in [5.74, 6) is 0.539. The van der Waals surface area contributed by atoms with E-state index in [1.807, 2.05) is 16.9 Å². The minimum atomic E-state index is 0.0842. The Morgan fingerprint density at radius 2 is 2.24 bits per heavy atom. The van der Waals surface area contributed by atoms with E-state index in [1.54, 1.807) is 6.20 Å². The van der Waals surface area contributed by atoms with E-state index in [-0.39, 0.29) is 6.61 Å². The molecule has 1 aromatic heterocycles. The van der Waals surface area contributed by atoms with E-state index in [2.05, 4.69) is 24.3 Å². The van der Waals surface area contributed by atoms with Crippen molar-refractivity contribution in [3.8, 4) is 0 Å². The molecule has 1 atom stereocenters. The van der Waals surface area contributed by atoms with Gasteiger partial charge in [-0.1, -0.05) is 13.8 Å². The van der Waals surface area contributed by atoms with Gasteiger partial charge in [-0.05, 0) is 12.0 Å². The number of ether oxygens (including phenoxy) is 1. The highest BCUT2D eigenvalue weighted by molar-refractivity contribution is 4.80. The van der Waals surface area contributed by atoms with Gasteiger partial charge in [0.15, 0.2) is 0 Å². The van der Waals surface area contributed by atoms with Crippen molar-refractivity contribution < 1.29 is 9.84 Å². The molecular weight excluding hydrogens is 218 g/mol. The average Bonchev–Trinajstić information content (AvgIpc) is 2.79. The van der Waals surface area contributed by atoms with Crippen LogP contribution in [0.25, 0.3) is 0 Å². The van der Waals surface area contributed by atoms with Crippen molar-refractivity contribution >= 4 is 0 Å². The summed E-state index contributed by atoms with van der Waals surface area (Å²) in [7, 11) is 0. The second-order valence-electron chi connectivity index (χ2n) is 4.37. The molecule has 0 amide bonds. The first-order valence-corrected chi connectivity index (χ1v) is 6.13. The molecule has 0 aliphatic heterocycles. The van der Waals surface area contributed by atoms with Crippen molar-refractivity contribution in [3.05, 3.63) is 18.5 Å². The van der Waals surface area contributed by atoms with Crippen molar-refractivity contribution in [3.63, 3.8) is 0 Å². The lowest BCUT2D eigenvalue weighted by atomic mass is 10.0. The van der Waals surface area contributed by atoms with Gasteiger partial charge in [-0.2, -0.15) is 5.10 Å². The maximum absolute atomic E-state index is 8.58. The minimum absolute atomic E-state index is 0.0842. The van der Waals surface area contributed by atoms with Gasteiger partial charge in [0, 0.05) is 25.0 Å². The van der Waals surface area contributed by atoms with Crippen LogP contribution in [0.2, 0.25) is 0 Å². The standard InChI is InChI=1S/C12H23N3O2/c1-11(2)12(10-15-6-3-4-14-15)13-5-8-17-9-7-16/h3-4,6,11-13,16H,5,7-10H2,1-2H3. The van der Waals surface area contributed by atoms with Crippen LogP contribution in [-0.2, 0) is 11.3 Å².